The van der Waals surface area contributed by atoms with Crippen molar-refractivity contribution in [1.29, 1.82) is 0 Å². The molecule has 0 spiro atoms. The zero-order valence-corrected chi connectivity index (χ0v) is 23.3. The standard InChI is InChI=1S/C29H33FN4O4S/c1-5-34(6-2)14-13-31-29(36)27-18(3)26(32-19(27)4)16-23-22-15-21(11-12-25(22)33-28(23)35)39(37,38)17-20-9-7-8-10-24(20)30/h7-12,15-16,32H,5-6,13-14,17H2,1-4H3,(H,31,36)(H,33,35). The number of carbonyl (C=O) groups excluding carboxylic acids is 2. The van der Waals surface area contributed by atoms with Gasteiger partial charge in [-0.3, -0.25) is 9.59 Å². The lowest BCUT2D eigenvalue weighted by Crippen LogP contribution is -2.35. The molecule has 206 valence electrons. The number of halogens is 1. The first kappa shape index (κ1) is 28.3. The van der Waals surface area contributed by atoms with Crippen LogP contribution in [0.1, 0.15) is 52.3 Å². The lowest BCUT2D eigenvalue weighted by molar-refractivity contribution is -0.110. The third kappa shape index (κ3) is 5.97. The van der Waals surface area contributed by atoms with E-state index in [0.29, 0.717) is 40.3 Å². The van der Waals surface area contributed by atoms with E-state index in [4.69, 9.17) is 0 Å². The number of nitrogens with one attached hydrogen (secondary N) is 3. The minimum atomic E-state index is -3.88. The number of anilines is 1. The number of sulfone groups is 1. The molecule has 2 amide bonds. The first-order valence-electron chi connectivity index (χ1n) is 12.9. The number of H-pyrrole nitrogens is 1. The second kappa shape index (κ2) is 11.5. The second-order valence-electron chi connectivity index (χ2n) is 9.52. The fraction of sp³-hybridized carbons (Fsp3) is 0.310. The molecule has 3 aromatic rings. The Labute approximate surface area is 228 Å². The van der Waals surface area contributed by atoms with Crippen LogP contribution in [-0.2, 0) is 20.4 Å². The maximum atomic E-state index is 14.1. The smallest absolute Gasteiger partial charge is 0.256 e. The molecule has 1 aliphatic rings. The molecule has 2 aromatic carbocycles. The molecular formula is C29H33FN4O4S. The third-order valence-corrected chi connectivity index (χ3v) is 8.70. The van der Waals surface area contributed by atoms with E-state index in [9.17, 15) is 22.4 Å². The number of hydrogen-bond donors (Lipinski definition) is 3. The van der Waals surface area contributed by atoms with Crippen molar-refractivity contribution in [3.05, 3.63) is 81.9 Å². The van der Waals surface area contributed by atoms with Crippen LogP contribution in [0.15, 0.2) is 47.4 Å². The Bertz CT molecular complexity index is 1560. The number of aryl methyl sites for hydroxylation is 1. The summed E-state index contributed by atoms with van der Waals surface area (Å²) < 4.78 is 40.3. The Hall–Kier alpha value is -3.76. The van der Waals surface area contributed by atoms with E-state index in [0.717, 1.165) is 19.6 Å². The van der Waals surface area contributed by atoms with Crippen molar-refractivity contribution < 1.29 is 22.4 Å². The molecule has 0 bridgehead atoms. The van der Waals surface area contributed by atoms with Crippen LogP contribution in [0.2, 0.25) is 0 Å². The maximum absolute atomic E-state index is 14.1. The Morgan fingerprint density at radius 3 is 2.51 bits per heavy atom. The van der Waals surface area contributed by atoms with Crippen LogP contribution in [-0.4, -0.2) is 56.3 Å². The average Bonchev–Trinajstić information content (AvgIpc) is 3.36. The van der Waals surface area contributed by atoms with Gasteiger partial charge in [-0.15, -0.1) is 0 Å². The normalized spacial score (nSPS) is 14.1. The van der Waals surface area contributed by atoms with Gasteiger partial charge in [-0.2, -0.15) is 0 Å². The van der Waals surface area contributed by atoms with Crippen LogP contribution in [0.3, 0.4) is 0 Å². The fourth-order valence-corrected chi connectivity index (χ4v) is 6.15. The summed E-state index contributed by atoms with van der Waals surface area (Å²) in [6.45, 7) is 10.8. The van der Waals surface area contributed by atoms with Gasteiger partial charge in [0, 0.05) is 41.3 Å². The number of likely N-dealkylation sites (N-methyl/N-ethyl adjacent to an activating group) is 1. The van der Waals surface area contributed by atoms with Gasteiger partial charge >= 0.3 is 0 Å². The van der Waals surface area contributed by atoms with Gasteiger partial charge < -0.3 is 20.5 Å². The molecule has 0 unspecified atom stereocenters. The number of nitrogens with zero attached hydrogens (tertiary/aromatic N) is 1. The van der Waals surface area contributed by atoms with Crippen LogP contribution in [0, 0.1) is 19.7 Å². The Morgan fingerprint density at radius 1 is 1.10 bits per heavy atom. The molecule has 1 aliphatic heterocycles. The molecule has 1 aromatic heterocycles. The van der Waals surface area contributed by atoms with Crippen LogP contribution < -0.4 is 10.6 Å². The van der Waals surface area contributed by atoms with E-state index in [2.05, 4.69) is 34.4 Å². The zero-order chi connectivity index (χ0) is 28.3. The van der Waals surface area contributed by atoms with E-state index >= 15 is 0 Å². The second-order valence-corrected chi connectivity index (χ2v) is 11.5. The summed E-state index contributed by atoms with van der Waals surface area (Å²) in [7, 11) is -3.88. The van der Waals surface area contributed by atoms with Crippen molar-refractivity contribution in [1.82, 2.24) is 15.2 Å². The van der Waals surface area contributed by atoms with Crippen molar-refractivity contribution in [2.45, 2.75) is 38.3 Å². The van der Waals surface area contributed by atoms with Crippen LogP contribution >= 0.6 is 0 Å². The van der Waals surface area contributed by atoms with E-state index in [1.807, 2.05) is 0 Å². The number of carbonyl (C=O) groups is 2. The topological polar surface area (TPSA) is 111 Å². The van der Waals surface area contributed by atoms with Crippen LogP contribution in [0.25, 0.3) is 11.6 Å². The molecule has 0 radical (unpaired) electrons. The van der Waals surface area contributed by atoms with Crippen LogP contribution in [0.4, 0.5) is 10.1 Å². The molecule has 4 rings (SSSR count). The predicted molar refractivity (Wildman–Crippen MR) is 151 cm³/mol. The monoisotopic (exact) mass is 552 g/mol. The number of fused-ring (bicyclic) bond motifs is 1. The molecule has 0 aliphatic carbocycles. The molecule has 10 heteroatoms. The first-order valence-corrected chi connectivity index (χ1v) is 14.5. The summed E-state index contributed by atoms with van der Waals surface area (Å²) in [6, 6.07) is 10.1. The van der Waals surface area contributed by atoms with Gasteiger partial charge in [0.05, 0.1) is 21.8 Å². The Kier molecular flexibility index (Phi) is 8.36. The number of amides is 2. The Morgan fingerprint density at radius 2 is 1.82 bits per heavy atom. The lowest BCUT2D eigenvalue weighted by atomic mass is 10.0. The van der Waals surface area contributed by atoms with Gasteiger partial charge in [0.1, 0.15) is 5.82 Å². The van der Waals surface area contributed by atoms with Crippen LogP contribution in [0.5, 0.6) is 0 Å². The predicted octanol–water partition coefficient (Wildman–Crippen LogP) is 4.31. The number of benzene rings is 2. The van der Waals surface area contributed by atoms with E-state index in [1.165, 1.54) is 36.4 Å². The summed E-state index contributed by atoms with van der Waals surface area (Å²) in [6.07, 6.45) is 1.63. The van der Waals surface area contributed by atoms with Crippen molar-refractivity contribution in [2.24, 2.45) is 0 Å². The third-order valence-electron chi connectivity index (χ3n) is 7.04. The largest absolute Gasteiger partial charge is 0.358 e. The lowest BCUT2D eigenvalue weighted by Gasteiger charge is -2.18. The first-order chi connectivity index (χ1) is 18.6. The highest BCUT2D eigenvalue weighted by atomic mass is 32.2. The highest BCUT2D eigenvalue weighted by Gasteiger charge is 2.28. The Balaban J connectivity index is 1.62. The maximum Gasteiger partial charge on any atom is 0.256 e. The quantitative estimate of drug-likeness (QED) is 0.325. The van der Waals surface area contributed by atoms with Gasteiger partial charge in [0.2, 0.25) is 0 Å². The van der Waals surface area contributed by atoms with E-state index < -0.39 is 21.4 Å². The number of rotatable bonds is 10. The SMILES string of the molecule is CCN(CC)CCNC(=O)c1c(C)[nH]c(C=C2C(=O)Nc3ccc(S(=O)(=O)Cc4ccccc4F)cc32)c1C. The van der Waals surface area contributed by atoms with Crippen molar-refractivity contribution >= 4 is 39.0 Å². The molecule has 0 fully saturated rings. The van der Waals surface area contributed by atoms with Gasteiger partial charge in [0.15, 0.2) is 9.84 Å². The summed E-state index contributed by atoms with van der Waals surface area (Å²) in [5, 5.41) is 5.72. The fourth-order valence-electron chi connectivity index (χ4n) is 4.77. The van der Waals surface area contributed by atoms with Crippen molar-refractivity contribution in [2.75, 3.05) is 31.5 Å². The molecule has 0 atom stereocenters. The summed E-state index contributed by atoms with van der Waals surface area (Å²) in [5.41, 5.74) is 3.69. The summed E-state index contributed by atoms with van der Waals surface area (Å²) >= 11 is 0. The van der Waals surface area contributed by atoms with E-state index in [-0.39, 0.29) is 27.8 Å². The highest BCUT2D eigenvalue weighted by Crippen LogP contribution is 2.36. The van der Waals surface area contributed by atoms with Crippen molar-refractivity contribution in [3.63, 3.8) is 0 Å². The number of aromatic nitrogens is 1. The number of aromatic amines is 1. The van der Waals surface area contributed by atoms with Gasteiger partial charge in [-0.1, -0.05) is 32.0 Å². The molecule has 3 N–H and O–H groups in total. The molecule has 39 heavy (non-hydrogen) atoms. The highest BCUT2D eigenvalue weighted by molar-refractivity contribution is 7.90. The van der Waals surface area contributed by atoms with Gasteiger partial charge in [-0.05, 0) is 62.8 Å². The minimum absolute atomic E-state index is 0.0143. The number of hydrogen-bond acceptors (Lipinski definition) is 5. The minimum Gasteiger partial charge on any atom is -0.358 e. The molecule has 2 heterocycles. The molecular weight excluding hydrogens is 519 g/mol. The van der Waals surface area contributed by atoms with Gasteiger partial charge in [-0.25, -0.2) is 12.8 Å². The van der Waals surface area contributed by atoms with Gasteiger partial charge in [0.25, 0.3) is 11.8 Å². The zero-order valence-electron chi connectivity index (χ0n) is 22.5. The summed E-state index contributed by atoms with van der Waals surface area (Å²) in [4.78, 5) is 31.2. The molecule has 0 saturated heterocycles. The molecule has 8 nitrogen and oxygen atoms in total. The van der Waals surface area contributed by atoms with E-state index in [1.54, 1.807) is 26.0 Å². The average molecular weight is 553 g/mol. The summed E-state index contributed by atoms with van der Waals surface area (Å²) in [5.74, 6) is -1.67. The molecule has 0 saturated carbocycles. The van der Waals surface area contributed by atoms with Crippen molar-refractivity contribution in [3.8, 4) is 0 Å².